The first kappa shape index (κ1) is 13.8. The standard InChI is InChI=1S/C9H9BrF2N2O3/c10-6-2-4(14(16)17)1-5(9(6)15)7(13)3-8(11)12/h1-2,7-8,15H,3,13H2/t7-/m1/s1. The number of phenolic OH excluding ortho intramolecular Hbond substituents is 1. The molecule has 94 valence electrons. The van der Waals surface area contributed by atoms with Gasteiger partial charge in [0.15, 0.2) is 0 Å². The number of nitrogens with zero attached hydrogens (tertiary/aromatic N) is 1. The number of phenols is 1. The van der Waals surface area contributed by atoms with Crippen LogP contribution in [0, 0.1) is 10.1 Å². The average Bonchev–Trinajstić information content (AvgIpc) is 2.20. The lowest BCUT2D eigenvalue weighted by molar-refractivity contribution is -0.385. The van der Waals surface area contributed by atoms with Crippen molar-refractivity contribution in [3.63, 3.8) is 0 Å². The van der Waals surface area contributed by atoms with Gasteiger partial charge in [-0.05, 0) is 15.9 Å². The number of nitro groups is 1. The first-order valence-electron chi connectivity index (χ1n) is 4.53. The fourth-order valence-corrected chi connectivity index (χ4v) is 1.78. The number of non-ortho nitro benzene ring substituents is 1. The summed E-state index contributed by atoms with van der Waals surface area (Å²) in [6.45, 7) is 0. The summed E-state index contributed by atoms with van der Waals surface area (Å²) in [7, 11) is 0. The van der Waals surface area contributed by atoms with Crippen LogP contribution in [0.25, 0.3) is 0 Å². The van der Waals surface area contributed by atoms with E-state index in [-0.39, 0.29) is 21.5 Å². The smallest absolute Gasteiger partial charge is 0.271 e. The molecule has 8 heteroatoms. The number of alkyl halides is 2. The van der Waals surface area contributed by atoms with Gasteiger partial charge in [0.2, 0.25) is 6.43 Å². The second kappa shape index (κ2) is 5.37. The highest BCUT2D eigenvalue weighted by atomic mass is 79.9. The Kier molecular flexibility index (Phi) is 4.35. The zero-order valence-electron chi connectivity index (χ0n) is 8.44. The SMILES string of the molecule is N[C@H](CC(F)F)c1cc([N+](=O)[O-])cc(Br)c1O. The maximum Gasteiger partial charge on any atom is 0.271 e. The first-order valence-corrected chi connectivity index (χ1v) is 5.32. The summed E-state index contributed by atoms with van der Waals surface area (Å²) in [4.78, 5) is 9.88. The number of aromatic hydroxyl groups is 1. The van der Waals surface area contributed by atoms with Crippen LogP contribution in [0.4, 0.5) is 14.5 Å². The van der Waals surface area contributed by atoms with Crippen molar-refractivity contribution in [1.29, 1.82) is 0 Å². The topological polar surface area (TPSA) is 89.4 Å². The van der Waals surface area contributed by atoms with Gasteiger partial charge in [0.25, 0.3) is 5.69 Å². The van der Waals surface area contributed by atoms with Crippen LogP contribution in [0.5, 0.6) is 5.75 Å². The molecule has 0 fully saturated rings. The van der Waals surface area contributed by atoms with Crippen LogP contribution in [-0.4, -0.2) is 16.5 Å². The third kappa shape index (κ3) is 3.34. The third-order valence-electron chi connectivity index (χ3n) is 2.12. The van der Waals surface area contributed by atoms with E-state index >= 15 is 0 Å². The largest absolute Gasteiger partial charge is 0.506 e. The zero-order chi connectivity index (χ0) is 13.2. The minimum absolute atomic E-state index is 0.0476. The Hall–Kier alpha value is -1.28. The zero-order valence-corrected chi connectivity index (χ0v) is 10.0. The molecule has 0 saturated carbocycles. The second-order valence-electron chi connectivity index (χ2n) is 3.36. The molecule has 0 aliphatic heterocycles. The molecule has 0 heterocycles. The molecule has 0 amide bonds. The van der Waals surface area contributed by atoms with Crippen molar-refractivity contribution in [3.8, 4) is 5.75 Å². The Morgan fingerprint density at radius 2 is 2.12 bits per heavy atom. The van der Waals surface area contributed by atoms with Gasteiger partial charge in [0, 0.05) is 30.2 Å². The minimum Gasteiger partial charge on any atom is -0.506 e. The van der Waals surface area contributed by atoms with Gasteiger partial charge in [-0.1, -0.05) is 0 Å². The molecule has 0 aliphatic carbocycles. The Morgan fingerprint density at radius 1 is 1.53 bits per heavy atom. The van der Waals surface area contributed by atoms with E-state index in [1.807, 2.05) is 0 Å². The summed E-state index contributed by atoms with van der Waals surface area (Å²) in [5.74, 6) is -0.358. The highest BCUT2D eigenvalue weighted by Gasteiger charge is 2.21. The molecule has 1 aromatic rings. The molecule has 5 nitrogen and oxygen atoms in total. The lowest BCUT2D eigenvalue weighted by atomic mass is 10.0. The van der Waals surface area contributed by atoms with Crippen LogP contribution in [0.15, 0.2) is 16.6 Å². The van der Waals surface area contributed by atoms with Crippen LogP contribution >= 0.6 is 15.9 Å². The molecular weight excluding hydrogens is 302 g/mol. The highest BCUT2D eigenvalue weighted by molar-refractivity contribution is 9.10. The van der Waals surface area contributed by atoms with Crippen molar-refractivity contribution in [2.75, 3.05) is 0 Å². The minimum atomic E-state index is -2.65. The third-order valence-corrected chi connectivity index (χ3v) is 2.72. The quantitative estimate of drug-likeness (QED) is 0.661. The van der Waals surface area contributed by atoms with Gasteiger partial charge in [-0.25, -0.2) is 8.78 Å². The van der Waals surface area contributed by atoms with E-state index in [2.05, 4.69) is 15.9 Å². The maximum absolute atomic E-state index is 12.2. The molecule has 0 unspecified atom stereocenters. The van der Waals surface area contributed by atoms with Gasteiger partial charge >= 0.3 is 0 Å². The van der Waals surface area contributed by atoms with Gasteiger partial charge in [-0.15, -0.1) is 0 Å². The Balaban J connectivity index is 3.17. The summed E-state index contributed by atoms with van der Waals surface area (Å²) < 4.78 is 24.4. The summed E-state index contributed by atoms with van der Waals surface area (Å²) in [6, 6.07) is 0.910. The highest BCUT2D eigenvalue weighted by Crippen LogP contribution is 2.36. The van der Waals surface area contributed by atoms with Crippen molar-refractivity contribution in [1.82, 2.24) is 0 Å². The normalized spacial score (nSPS) is 12.8. The van der Waals surface area contributed by atoms with Crippen LogP contribution in [0.2, 0.25) is 0 Å². The van der Waals surface area contributed by atoms with Crippen LogP contribution in [-0.2, 0) is 0 Å². The van der Waals surface area contributed by atoms with Crippen molar-refractivity contribution in [2.24, 2.45) is 5.73 Å². The predicted octanol–water partition coefficient (Wildman–Crippen LogP) is 2.72. The number of hydrogen-bond acceptors (Lipinski definition) is 4. The lowest BCUT2D eigenvalue weighted by Crippen LogP contribution is -2.14. The van der Waals surface area contributed by atoms with Crippen LogP contribution in [0.1, 0.15) is 18.0 Å². The van der Waals surface area contributed by atoms with Crippen molar-refractivity contribution >= 4 is 21.6 Å². The molecule has 1 aromatic carbocycles. The van der Waals surface area contributed by atoms with Crippen molar-refractivity contribution < 1.29 is 18.8 Å². The van der Waals surface area contributed by atoms with E-state index in [9.17, 15) is 24.0 Å². The van der Waals surface area contributed by atoms with E-state index in [1.165, 1.54) is 0 Å². The number of halogens is 3. The Labute approximate surface area is 104 Å². The number of hydrogen-bond donors (Lipinski definition) is 2. The average molecular weight is 311 g/mol. The fraction of sp³-hybridized carbons (Fsp3) is 0.333. The van der Waals surface area contributed by atoms with Gasteiger partial charge in [-0.2, -0.15) is 0 Å². The molecule has 0 aromatic heterocycles. The number of rotatable bonds is 4. The van der Waals surface area contributed by atoms with E-state index < -0.39 is 23.8 Å². The molecule has 1 atom stereocenters. The molecule has 0 spiro atoms. The molecule has 0 aliphatic rings. The molecule has 0 radical (unpaired) electrons. The van der Waals surface area contributed by atoms with Crippen molar-refractivity contribution in [2.45, 2.75) is 18.9 Å². The monoisotopic (exact) mass is 310 g/mol. The van der Waals surface area contributed by atoms with E-state index in [0.717, 1.165) is 12.1 Å². The summed E-state index contributed by atoms with van der Waals surface area (Å²) in [6.07, 6.45) is -3.33. The van der Waals surface area contributed by atoms with Crippen LogP contribution in [0.3, 0.4) is 0 Å². The van der Waals surface area contributed by atoms with E-state index in [1.54, 1.807) is 0 Å². The molecule has 17 heavy (non-hydrogen) atoms. The number of nitrogens with two attached hydrogens (primary N) is 1. The summed E-state index contributed by atoms with van der Waals surface area (Å²) in [5.41, 5.74) is 5.05. The summed E-state index contributed by atoms with van der Waals surface area (Å²) in [5, 5.41) is 20.2. The second-order valence-corrected chi connectivity index (χ2v) is 4.21. The molecule has 3 N–H and O–H groups in total. The van der Waals surface area contributed by atoms with Gasteiger partial charge in [-0.3, -0.25) is 10.1 Å². The number of benzene rings is 1. The molecule has 1 rings (SSSR count). The van der Waals surface area contributed by atoms with Gasteiger partial charge in [0.1, 0.15) is 5.75 Å². The molecule has 0 bridgehead atoms. The van der Waals surface area contributed by atoms with E-state index in [4.69, 9.17) is 5.73 Å². The van der Waals surface area contributed by atoms with Crippen LogP contribution < -0.4 is 5.73 Å². The maximum atomic E-state index is 12.2. The first-order chi connectivity index (χ1) is 7.82. The van der Waals surface area contributed by atoms with Gasteiger partial charge in [0.05, 0.1) is 9.40 Å². The Morgan fingerprint density at radius 3 is 2.59 bits per heavy atom. The summed E-state index contributed by atoms with van der Waals surface area (Å²) >= 11 is 2.90. The number of nitro benzene ring substituents is 1. The van der Waals surface area contributed by atoms with Gasteiger partial charge < -0.3 is 10.8 Å². The van der Waals surface area contributed by atoms with Crippen molar-refractivity contribution in [3.05, 3.63) is 32.3 Å². The fourth-order valence-electron chi connectivity index (χ4n) is 1.31. The predicted molar refractivity (Wildman–Crippen MR) is 60.0 cm³/mol. The molecular formula is C9H9BrF2N2O3. The van der Waals surface area contributed by atoms with E-state index in [0.29, 0.717) is 0 Å². The molecule has 0 saturated heterocycles. The Bertz CT molecular complexity index is 442. The lowest BCUT2D eigenvalue weighted by Gasteiger charge is -2.13.